The Labute approximate surface area is 115 Å². The van der Waals surface area contributed by atoms with E-state index >= 15 is 0 Å². The fraction of sp³-hybridized carbons (Fsp3) is 0.364. The smallest absolute Gasteiger partial charge is 0.240 e. The van der Waals surface area contributed by atoms with Crippen LogP contribution in [-0.2, 0) is 14.8 Å². The highest BCUT2D eigenvalue weighted by Gasteiger charge is 2.20. The Balaban J connectivity index is 3.04. The number of hydrogen-bond donors (Lipinski definition) is 1. The molecule has 0 unspecified atom stereocenters. The van der Waals surface area contributed by atoms with Gasteiger partial charge in [-0.25, -0.2) is 8.42 Å². The number of carbonyl (C=O) groups is 1. The molecule has 1 N–H and O–H groups in total. The second-order valence-corrected chi connectivity index (χ2v) is 6.53. The number of nitrogens with zero attached hydrogens (tertiary/aromatic N) is 1. The number of anilines is 1. The number of amides is 1. The van der Waals surface area contributed by atoms with Crippen LogP contribution in [0.4, 0.5) is 5.69 Å². The largest absolute Gasteiger partial charge is 0.355 e. The van der Waals surface area contributed by atoms with Crippen molar-refractivity contribution in [1.29, 1.82) is 0 Å². The molecule has 1 aromatic carbocycles. The summed E-state index contributed by atoms with van der Waals surface area (Å²) in [7, 11) is -3.50. The number of carbonyl (C=O) groups excluding carboxylic acids is 1. The summed E-state index contributed by atoms with van der Waals surface area (Å²) in [4.78, 5) is 11.5. The van der Waals surface area contributed by atoms with Crippen molar-refractivity contribution >= 4 is 37.5 Å². The van der Waals surface area contributed by atoms with E-state index in [0.29, 0.717) is 12.2 Å². The molecule has 100 valence electrons. The number of likely N-dealkylation sites (N-methyl/N-ethyl adjacent to an activating group) is 1. The maximum Gasteiger partial charge on any atom is 0.240 e. The molecule has 0 radical (unpaired) electrons. The number of nitrogens with one attached hydrogen (secondary N) is 1. The average molecular weight is 335 g/mol. The van der Waals surface area contributed by atoms with Crippen molar-refractivity contribution in [3.8, 4) is 0 Å². The van der Waals surface area contributed by atoms with Crippen LogP contribution in [0.15, 0.2) is 28.7 Å². The Morgan fingerprint density at radius 3 is 2.61 bits per heavy atom. The fourth-order valence-electron chi connectivity index (χ4n) is 1.41. The van der Waals surface area contributed by atoms with Crippen molar-refractivity contribution in [2.24, 2.45) is 0 Å². The van der Waals surface area contributed by atoms with Crippen LogP contribution in [0, 0.1) is 0 Å². The van der Waals surface area contributed by atoms with Gasteiger partial charge in [0.1, 0.15) is 6.54 Å². The van der Waals surface area contributed by atoms with Crippen LogP contribution in [0.5, 0.6) is 0 Å². The summed E-state index contributed by atoms with van der Waals surface area (Å²) in [5.41, 5.74) is 0.457. The molecule has 0 fully saturated rings. The van der Waals surface area contributed by atoms with E-state index < -0.39 is 10.0 Å². The fourth-order valence-corrected chi connectivity index (χ4v) is 2.65. The molecule has 1 amide bonds. The van der Waals surface area contributed by atoms with E-state index in [1.165, 1.54) is 0 Å². The minimum absolute atomic E-state index is 0.219. The Bertz CT molecular complexity index is 531. The first kappa shape index (κ1) is 15.0. The van der Waals surface area contributed by atoms with Gasteiger partial charge in [0, 0.05) is 11.0 Å². The monoisotopic (exact) mass is 334 g/mol. The third kappa shape index (κ3) is 4.30. The van der Waals surface area contributed by atoms with E-state index in [9.17, 15) is 13.2 Å². The van der Waals surface area contributed by atoms with Gasteiger partial charge in [-0.05, 0) is 25.1 Å². The molecule has 0 aromatic heterocycles. The lowest BCUT2D eigenvalue weighted by Crippen LogP contribution is -2.40. The minimum atomic E-state index is -3.50. The lowest BCUT2D eigenvalue weighted by molar-refractivity contribution is -0.119. The van der Waals surface area contributed by atoms with Gasteiger partial charge in [0.2, 0.25) is 15.9 Å². The van der Waals surface area contributed by atoms with Crippen LogP contribution in [0.25, 0.3) is 0 Å². The molecule has 1 rings (SSSR count). The summed E-state index contributed by atoms with van der Waals surface area (Å²) in [5, 5.41) is 2.58. The van der Waals surface area contributed by atoms with Gasteiger partial charge in [0.25, 0.3) is 0 Å². The molecule has 0 aliphatic heterocycles. The Morgan fingerprint density at radius 1 is 1.44 bits per heavy atom. The second-order valence-electron chi connectivity index (χ2n) is 3.70. The molecule has 0 atom stereocenters. The highest BCUT2D eigenvalue weighted by Crippen LogP contribution is 2.21. The van der Waals surface area contributed by atoms with Gasteiger partial charge in [-0.1, -0.05) is 22.0 Å². The lowest BCUT2D eigenvalue weighted by Gasteiger charge is -2.21. The van der Waals surface area contributed by atoms with Gasteiger partial charge in [0.15, 0.2) is 0 Å². The first-order valence-electron chi connectivity index (χ1n) is 5.34. The first-order valence-corrected chi connectivity index (χ1v) is 7.98. The molecule has 7 heteroatoms. The van der Waals surface area contributed by atoms with Crippen molar-refractivity contribution in [1.82, 2.24) is 5.32 Å². The summed E-state index contributed by atoms with van der Waals surface area (Å²) < 4.78 is 25.3. The molecule has 0 saturated carbocycles. The van der Waals surface area contributed by atoms with Crippen molar-refractivity contribution < 1.29 is 13.2 Å². The second kappa shape index (κ2) is 6.19. The molecule has 0 heterocycles. The van der Waals surface area contributed by atoms with E-state index in [1.54, 1.807) is 31.2 Å². The third-order valence-corrected chi connectivity index (χ3v) is 3.79. The summed E-state index contributed by atoms with van der Waals surface area (Å²) >= 11 is 3.27. The molecule has 0 saturated heterocycles. The van der Waals surface area contributed by atoms with Gasteiger partial charge in [-0.3, -0.25) is 9.10 Å². The van der Waals surface area contributed by atoms with E-state index in [-0.39, 0.29) is 12.5 Å². The van der Waals surface area contributed by atoms with Crippen molar-refractivity contribution in [2.45, 2.75) is 6.92 Å². The SMILES string of the molecule is CCNC(=O)CN(c1cccc(Br)c1)S(C)(=O)=O. The number of sulfonamides is 1. The van der Waals surface area contributed by atoms with Crippen molar-refractivity contribution in [3.05, 3.63) is 28.7 Å². The molecule has 5 nitrogen and oxygen atoms in total. The van der Waals surface area contributed by atoms with Gasteiger partial charge >= 0.3 is 0 Å². The molecule has 0 aliphatic carbocycles. The Kier molecular flexibility index (Phi) is 5.15. The predicted molar refractivity (Wildman–Crippen MR) is 75.0 cm³/mol. The third-order valence-electron chi connectivity index (χ3n) is 2.16. The summed E-state index contributed by atoms with van der Waals surface area (Å²) in [6, 6.07) is 6.80. The van der Waals surface area contributed by atoms with Crippen LogP contribution in [0.1, 0.15) is 6.92 Å². The molecule has 18 heavy (non-hydrogen) atoms. The van der Waals surface area contributed by atoms with Crippen molar-refractivity contribution in [3.63, 3.8) is 0 Å². The zero-order chi connectivity index (χ0) is 13.8. The molecule has 0 spiro atoms. The van der Waals surface area contributed by atoms with Crippen LogP contribution >= 0.6 is 15.9 Å². The minimum Gasteiger partial charge on any atom is -0.355 e. The Hall–Kier alpha value is -1.08. The van der Waals surface area contributed by atoms with Crippen LogP contribution in [0.3, 0.4) is 0 Å². The van der Waals surface area contributed by atoms with Crippen LogP contribution in [-0.4, -0.2) is 33.7 Å². The average Bonchev–Trinajstić information content (AvgIpc) is 2.24. The topological polar surface area (TPSA) is 66.5 Å². The van der Waals surface area contributed by atoms with Crippen LogP contribution < -0.4 is 9.62 Å². The molecule has 1 aromatic rings. The standard InChI is InChI=1S/C11H15BrN2O3S/c1-3-13-11(15)8-14(18(2,16)17)10-6-4-5-9(12)7-10/h4-7H,3,8H2,1-2H3,(H,13,15). The maximum atomic E-state index is 11.7. The number of rotatable bonds is 5. The van der Waals surface area contributed by atoms with E-state index in [4.69, 9.17) is 0 Å². The van der Waals surface area contributed by atoms with Crippen molar-refractivity contribution in [2.75, 3.05) is 23.7 Å². The molecule has 0 bridgehead atoms. The van der Waals surface area contributed by atoms with E-state index in [1.807, 2.05) is 0 Å². The van der Waals surface area contributed by atoms with Gasteiger partial charge in [-0.2, -0.15) is 0 Å². The zero-order valence-corrected chi connectivity index (χ0v) is 12.6. The molecular weight excluding hydrogens is 320 g/mol. The highest BCUT2D eigenvalue weighted by atomic mass is 79.9. The summed E-state index contributed by atoms with van der Waals surface area (Å²) in [5.74, 6) is -0.331. The summed E-state index contributed by atoms with van der Waals surface area (Å²) in [6.07, 6.45) is 1.08. The summed E-state index contributed by atoms with van der Waals surface area (Å²) in [6.45, 7) is 2.03. The first-order chi connectivity index (χ1) is 8.34. The van der Waals surface area contributed by atoms with E-state index in [2.05, 4.69) is 21.2 Å². The molecule has 0 aliphatic rings. The number of hydrogen-bond acceptors (Lipinski definition) is 3. The quantitative estimate of drug-likeness (QED) is 0.883. The predicted octanol–water partition coefficient (Wildman–Crippen LogP) is 1.35. The lowest BCUT2D eigenvalue weighted by atomic mass is 10.3. The van der Waals surface area contributed by atoms with Gasteiger partial charge < -0.3 is 5.32 Å². The van der Waals surface area contributed by atoms with Gasteiger partial charge in [0.05, 0.1) is 11.9 Å². The number of halogens is 1. The van der Waals surface area contributed by atoms with Gasteiger partial charge in [-0.15, -0.1) is 0 Å². The highest BCUT2D eigenvalue weighted by molar-refractivity contribution is 9.10. The van der Waals surface area contributed by atoms with Crippen LogP contribution in [0.2, 0.25) is 0 Å². The maximum absolute atomic E-state index is 11.7. The van der Waals surface area contributed by atoms with E-state index in [0.717, 1.165) is 15.0 Å². The molecular formula is C11H15BrN2O3S. The Morgan fingerprint density at radius 2 is 2.11 bits per heavy atom. The normalized spacial score (nSPS) is 11.1. The number of benzene rings is 1. The zero-order valence-electron chi connectivity index (χ0n) is 10.2.